The Kier molecular flexibility index (Phi) is 3.80. The molecule has 0 radical (unpaired) electrons. The summed E-state index contributed by atoms with van der Waals surface area (Å²) in [5.74, 6) is 0. The van der Waals surface area contributed by atoms with E-state index in [0.717, 1.165) is 17.8 Å². The average molecular weight is 273 g/mol. The molecule has 1 heterocycles. The minimum atomic E-state index is 0.355. The second-order valence-corrected chi connectivity index (χ2v) is 6.08. The van der Waals surface area contributed by atoms with Crippen molar-refractivity contribution in [2.24, 2.45) is 5.73 Å². The van der Waals surface area contributed by atoms with Crippen molar-refractivity contribution < 1.29 is 0 Å². The number of nitrogens with zero attached hydrogens (tertiary/aromatic N) is 1. The number of benzene rings is 1. The minimum Gasteiger partial charge on any atom is -0.382 e. The predicted octanol–water partition coefficient (Wildman–Crippen LogP) is 3.49. The molecule has 0 saturated heterocycles. The topological polar surface area (TPSA) is 50.9 Å². The van der Waals surface area contributed by atoms with Crippen LogP contribution in [-0.2, 0) is 0 Å². The van der Waals surface area contributed by atoms with E-state index in [2.05, 4.69) is 34.6 Å². The van der Waals surface area contributed by atoms with Crippen LogP contribution in [0.3, 0.4) is 0 Å². The molecule has 3 nitrogen and oxygen atoms in total. The average Bonchev–Trinajstić information content (AvgIpc) is 2.93. The molecule has 1 aliphatic rings. The van der Waals surface area contributed by atoms with Crippen molar-refractivity contribution in [3.05, 3.63) is 35.8 Å². The fourth-order valence-electron chi connectivity index (χ4n) is 2.70. The largest absolute Gasteiger partial charge is 0.382 e. The van der Waals surface area contributed by atoms with Gasteiger partial charge < -0.3 is 11.1 Å². The lowest BCUT2D eigenvalue weighted by atomic mass is 9.91. The summed E-state index contributed by atoms with van der Waals surface area (Å²) >= 11 is 1.67. The van der Waals surface area contributed by atoms with Crippen LogP contribution >= 0.6 is 11.3 Å². The van der Waals surface area contributed by atoms with Crippen LogP contribution in [-0.4, -0.2) is 17.1 Å². The van der Waals surface area contributed by atoms with Crippen molar-refractivity contribution in [1.29, 1.82) is 0 Å². The Morgan fingerprint density at radius 2 is 2.26 bits per heavy atom. The van der Waals surface area contributed by atoms with Crippen molar-refractivity contribution in [3.8, 4) is 10.6 Å². The third-order valence-electron chi connectivity index (χ3n) is 3.63. The van der Waals surface area contributed by atoms with Crippen LogP contribution < -0.4 is 11.1 Å². The van der Waals surface area contributed by atoms with E-state index in [4.69, 9.17) is 5.73 Å². The summed E-state index contributed by atoms with van der Waals surface area (Å²) in [5, 5.41) is 6.69. The second kappa shape index (κ2) is 5.72. The summed E-state index contributed by atoms with van der Waals surface area (Å²) in [6, 6.07) is 9.36. The fourth-order valence-corrected chi connectivity index (χ4v) is 3.34. The lowest BCUT2D eigenvalue weighted by molar-refractivity contribution is 0.409. The summed E-state index contributed by atoms with van der Waals surface area (Å²) in [6.07, 6.45) is 6.53. The van der Waals surface area contributed by atoms with Crippen molar-refractivity contribution in [3.63, 3.8) is 0 Å². The van der Waals surface area contributed by atoms with E-state index in [1.165, 1.54) is 24.1 Å². The molecule has 1 fully saturated rings. The standard InChI is InChI=1S/C15H19N3S/c16-12-4-2-6-14(10-12)18-13-5-1-3-11(9-13)15-17-7-8-19-15/h1,3,5,7-9,12,14,18H,2,4,6,10,16H2. The number of aromatic nitrogens is 1. The van der Waals surface area contributed by atoms with Gasteiger partial charge in [-0.3, -0.25) is 0 Å². The smallest absolute Gasteiger partial charge is 0.123 e. The molecule has 1 aromatic carbocycles. The van der Waals surface area contributed by atoms with Gasteiger partial charge in [0.1, 0.15) is 5.01 Å². The number of hydrogen-bond acceptors (Lipinski definition) is 4. The molecule has 4 heteroatoms. The maximum Gasteiger partial charge on any atom is 0.123 e. The van der Waals surface area contributed by atoms with Gasteiger partial charge in [0.15, 0.2) is 0 Å². The maximum absolute atomic E-state index is 6.04. The zero-order valence-corrected chi connectivity index (χ0v) is 11.7. The number of thiazole rings is 1. The Balaban J connectivity index is 1.73. The highest BCUT2D eigenvalue weighted by molar-refractivity contribution is 7.13. The lowest BCUT2D eigenvalue weighted by Gasteiger charge is -2.28. The van der Waals surface area contributed by atoms with E-state index in [-0.39, 0.29) is 0 Å². The van der Waals surface area contributed by atoms with E-state index in [1.54, 1.807) is 11.3 Å². The maximum atomic E-state index is 6.04. The van der Waals surface area contributed by atoms with Crippen LogP contribution in [0.25, 0.3) is 10.6 Å². The zero-order valence-electron chi connectivity index (χ0n) is 10.9. The highest BCUT2D eigenvalue weighted by Gasteiger charge is 2.18. The van der Waals surface area contributed by atoms with Crippen LogP contribution in [0.15, 0.2) is 35.8 Å². The zero-order chi connectivity index (χ0) is 13.1. The van der Waals surface area contributed by atoms with Gasteiger partial charge in [0.25, 0.3) is 0 Å². The number of anilines is 1. The first-order valence-corrected chi connectivity index (χ1v) is 7.71. The Hall–Kier alpha value is -1.39. The van der Waals surface area contributed by atoms with Crippen LogP contribution in [0.5, 0.6) is 0 Å². The van der Waals surface area contributed by atoms with Crippen molar-refractivity contribution in [2.75, 3.05) is 5.32 Å². The van der Waals surface area contributed by atoms with E-state index in [0.29, 0.717) is 12.1 Å². The molecule has 2 atom stereocenters. The quantitative estimate of drug-likeness (QED) is 0.900. The van der Waals surface area contributed by atoms with Gasteiger partial charge in [0, 0.05) is 34.9 Å². The van der Waals surface area contributed by atoms with Gasteiger partial charge in [-0.2, -0.15) is 0 Å². The third kappa shape index (κ3) is 3.14. The van der Waals surface area contributed by atoms with Gasteiger partial charge in [0.05, 0.1) is 0 Å². The molecule has 1 aliphatic carbocycles. The van der Waals surface area contributed by atoms with Gasteiger partial charge >= 0.3 is 0 Å². The first-order chi connectivity index (χ1) is 9.31. The van der Waals surface area contributed by atoms with Crippen LogP contribution in [0.2, 0.25) is 0 Å². The van der Waals surface area contributed by atoms with Gasteiger partial charge in [-0.1, -0.05) is 12.1 Å². The summed E-state index contributed by atoms with van der Waals surface area (Å²) in [6.45, 7) is 0. The molecular formula is C15H19N3S. The Morgan fingerprint density at radius 1 is 1.32 bits per heavy atom. The van der Waals surface area contributed by atoms with E-state index >= 15 is 0 Å². The fraction of sp³-hybridized carbons (Fsp3) is 0.400. The van der Waals surface area contributed by atoms with Crippen LogP contribution in [0, 0.1) is 0 Å². The van der Waals surface area contributed by atoms with Gasteiger partial charge in [-0.25, -0.2) is 4.98 Å². The third-order valence-corrected chi connectivity index (χ3v) is 4.45. The molecule has 0 bridgehead atoms. The monoisotopic (exact) mass is 273 g/mol. The first-order valence-electron chi connectivity index (χ1n) is 6.83. The summed E-state index contributed by atoms with van der Waals surface area (Å²) in [5.41, 5.74) is 8.39. The Morgan fingerprint density at radius 3 is 3.05 bits per heavy atom. The van der Waals surface area contributed by atoms with E-state index < -0.39 is 0 Å². The number of nitrogens with one attached hydrogen (secondary N) is 1. The SMILES string of the molecule is NC1CCCC(Nc2cccc(-c3nccs3)c2)C1. The number of nitrogens with two attached hydrogens (primary N) is 1. The van der Waals surface area contributed by atoms with E-state index in [9.17, 15) is 0 Å². The molecule has 0 amide bonds. The Labute approximate surface area is 117 Å². The number of rotatable bonds is 3. The Bertz CT molecular complexity index is 524. The van der Waals surface area contributed by atoms with Gasteiger partial charge in [-0.05, 0) is 37.8 Å². The summed E-state index contributed by atoms with van der Waals surface area (Å²) in [4.78, 5) is 4.36. The number of hydrogen-bond donors (Lipinski definition) is 2. The molecule has 19 heavy (non-hydrogen) atoms. The minimum absolute atomic E-state index is 0.355. The molecule has 2 aromatic rings. The molecule has 2 unspecified atom stereocenters. The predicted molar refractivity (Wildman–Crippen MR) is 81.4 cm³/mol. The normalized spacial score (nSPS) is 23.2. The lowest BCUT2D eigenvalue weighted by Crippen LogP contribution is -2.34. The summed E-state index contributed by atoms with van der Waals surface area (Å²) < 4.78 is 0. The molecule has 1 aromatic heterocycles. The molecule has 3 rings (SSSR count). The molecule has 100 valence electrons. The molecule has 3 N–H and O–H groups in total. The van der Waals surface area contributed by atoms with Crippen molar-refractivity contribution in [1.82, 2.24) is 4.98 Å². The molecule has 1 saturated carbocycles. The van der Waals surface area contributed by atoms with E-state index in [1.807, 2.05) is 11.6 Å². The van der Waals surface area contributed by atoms with Crippen molar-refractivity contribution in [2.45, 2.75) is 37.8 Å². The van der Waals surface area contributed by atoms with Gasteiger partial charge in [0.2, 0.25) is 0 Å². The first kappa shape index (κ1) is 12.6. The van der Waals surface area contributed by atoms with Crippen LogP contribution in [0.4, 0.5) is 5.69 Å². The highest BCUT2D eigenvalue weighted by atomic mass is 32.1. The summed E-state index contributed by atoms with van der Waals surface area (Å²) in [7, 11) is 0. The van der Waals surface area contributed by atoms with Crippen LogP contribution in [0.1, 0.15) is 25.7 Å². The molecule has 0 aliphatic heterocycles. The van der Waals surface area contributed by atoms with Crippen molar-refractivity contribution >= 4 is 17.0 Å². The molecule has 0 spiro atoms. The molecular weight excluding hydrogens is 254 g/mol. The van der Waals surface area contributed by atoms with Gasteiger partial charge in [-0.15, -0.1) is 11.3 Å². The highest BCUT2D eigenvalue weighted by Crippen LogP contribution is 2.26. The second-order valence-electron chi connectivity index (χ2n) is 5.19.